The lowest BCUT2D eigenvalue weighted by atomic mass is 9.67. The molecule has 2 atom stereocenters. The van der Waals surface area contributed by atoms with E-state index >= 15 is 0 Å². The molecule has 6 aliphatic carbocycles. The first-order valence-corrected chi connectivity index (χ1v) is 8.93. The highest BCUT2D eigenvalue weighted by Gasteiger charge is 2.44. The molecule has 1 aromatic carbocycles. The van der Waals surface area contributed by atoms with E-state index in [2.05, 4.69) is 24.3 Å². The zero-order valence-corrected chi connectivity index (χ0v) is 12.7. The highest BCUT2D eigenvalue weighted by molar-refractivity contribution is 6.06. The molecular weight excluding hydrogens is 264 g/mol. The molecular formula is C22H18. The molecule has 0 radical (unpaired) electrons. The predicted octanol–water partition coefficient (Wildman–Crippen LogP) is 5.81. The van der Waals surface area contributed by atoms with E-state index in [1.54, 1.807) is 55.7 Å². The SMILES string of the molecule is C1=C2CC=C3CC4=CCC5CCC6C=C(C1)c1c2c3c4c5c16. The second-order valence-electron chi connectivity index (χ2n) is 7.91. The minimum Gasteiger partial charge on any atom is -0.0797 e. The van der Waals surface area contributed by atoms with Gasteiger partial charge in [0.25, 0.3) is 0 Å². The molecule has 0 heterocycles. The minimum absolute atomic E-state index is 0.736. The average molecular weight is 282 g/mol. The monoisotopic (exact) mass is 282 g/mol. The summed E-state index contributed by atoms with van der Waals surface area (Å²) in [5.41, 5.74) is 16.9. The summed E-state index contributed by atoms with van der Waals surface area (Å²) in [7, 11) is 0. The van der Waals surface area contributed by atoms with Gasteiger partial charge in [-0.05, 0) is 100 Å². The van der Waals surface area contributed by atoms with Crippen LogP contribution in [0.5, 0.6) is 0 Å². The number of rotatable bonds is 0. The van der Waals surface area contributed by atoms with E-state index < -0.39 is 0 Å². The highest BCUT2D eigenvalue weighted by atomic mass is 14.5. The average Bonchev–Trinajstić information content (AvgIpc) is 3.12. The van der Waals surface area contributed by atoms with Gasteiger partial charge in [-0.25, -0.2) is 0 Å². The summed E-state index contributed by atoms with van der Waals surface area (Å²) in [5, 5.41) is 0. The van der Waals surface area contributed by atoms with Crippen molar-refractivity contribution in [1.29, 1.82) is 0 Å². The molecule has 7 rings (SSSR count). The van der Waals surface area contributed by atoms with Crippen LogP contribution in [-0.4, -0.2) is 0 Å². The predicted molar refractivity (Wildman–Crippen MR) is 91.5 cm³/mol. The Morgan fingerprint density at radius 2 is 1.45 bits per heavy atom. The molecule has 0 heteroatoms. The highest BCUT2D eigenvalue weighted by Crippen LogP contribution is 2.63. The molecule has 0 amide bonds. The Labute approximate surface area is 130 Å². The van der Waals surface area contributed by atoms with Crippen LogP contribution in [0.15, 0.2) is 24.3 Å². The molecule has 0 N–H and O–H groups in total. The van der Waals surface area contributed by atoms with Crippen LogP contribution in [0, 0.1) is 0 Å². The maximum absolute atomic E-state index is 2.63. The summed E-state index contributed by atoms with van der Waals surface area (Å²) in [5.74, 6) is 1.55. The molecule has 6 aliphatic rings. The van der Waals surface area contributed by atoms with Crippen LogP contribution in [0.3, 0.4) is 0 Å². The van der Waals surface area contributed by atoms with Crippen molar-refractivity contribution in [2.24, 2.45) is 0 Å². The summed E-state index contributed by atoms with van der Waals surface area (Å²) in [6, 6.07) is 0. The number of hydrogen-bond donors (Lipinski definition) is 0. The van der Waals surface area contributed by atoms with E-state index in [0.29, 0.717) is 0 Å². The fraction of sp³-hybridized carbons (Fsp3) is 0.364. The minimum atomic E-state index is 0.736. The van der Waals surface area contributed by atoms with Crippen molar-refractivity contribution in [2.75, 3.05) is 0 Å². The Balaban J connectivity index is 1.77. The van der Waals surface area contributed by atoms with Crippen LogP contribution in [0.4, 0.5) is 0 Å². The van der Waals surface area contributed by atoms with Gasteiger partial charge in [0.15, 0.2) is 0 Å². The lowest BCUT2D eigenvalue weighted by Gasteiger charge is -2.36. The second kappa shape index (κ2) is 3.25. The third kappa shape index (κ3) is 0.975. The maximum Gasteiger partial charge on any atom is 0.00336 e. The van der Waals surface area contributed by atoms with E-state index in [9.17, 15) is 0 Å². The van der Waals surface area contributed by atoms with E-state index in [4.69, 9.17) is 0 Å². The zero-order valence-electron chi connectivity index (χ0n) is 12.7. The first-order chi connectivity index (χ1) is 10.9. The van der Waals surface area contributed by atoms with Gasteiger partial charge < -0.3 is 0 Å². The largest absolute Gasteiger partial charge is 0.0797 e. The van der Waals surface area contributed by atoms with Crippen LogP contribution in [0.25, 0.3) is 22.3 Å². The third-order valence-electron chi connectivity index (χ3n) is 7.04. The van der Waals surface area contributed by atoms with Crippen LogP contribution >= 0.6 is 0 Å². The van der Waals surface area contributed by atoms with Crippen molar-refractivity contribution in [3.8, 4) is 0 Å². The topological polar surface area (TPSA) is 0 Å². The van der Waals surface area contributed by atoms with Crippen LogP contribution in [0.1, 0.15) is 83.7 Å². The molecule has 0 saturated carbocycles. The van der Waals surface area contributed by atoms with Gasteiger partial charge in [-0.15, -0.1) is 0 Å². The summed E-state index contributed by atoms with van der Waals surface area (Å²) in [4.78, 5) is 0. The third-order valence-corrected chi connectivity index (χ3v) is 7.04. The van der Waals surface area contributed by atoms with E-state index in [1.165, 1.54) is 38.5 Å². The van der Waals surface area contributed by atoms with Gasteiger partial charge in [0.1, 0.15) is 0 Å². The normalized spacial score (nSPS) is 30.7. The molecule has 0 nitrogen and oxygen atoms in total. The lowest BCUT2D eigenvalue weighted by Crippen LogP contribution is -2.19. The van der Waals surface area contributed by atoms with Crippen molar-refractivity contribution < 1.29 is 0 Å². The zero-order chi connectivity index (χ0) is 14.0. The van der Waals surface area contributed by atoms with Crippen LogP contribution in [-0.2, 0) is 0 Å². The van der Waals surface area contributed by atoms with Gasteiger partial charge >= 0.3 is 0 Å². The Bertz CT molecular complexity index is 930. The summed E-state index contributed by atoms with van der Waals surface area (Å²) in [6.45, 7) is 0. The summed E-state index contributed by atoms with van der Waals surface area (Å²) < 4.78 is 0. The Hall–Kier alpha value is -1.82. The second-order valence-corrected chi connectivity index (χ2v) is 7.91. The Morgan fingerprint density at radius 3 is 2.45 bits per heavy atom. The van der Waals surface area contributed by atoms with Gasteiger partial charge in [0.05, 0.1) is 0 Å². The molecule has 0 aromatic heterocycles. The number of benzene rings is 1. The van der Waals surface area contributed by atoms with Crippen LogP contribution < -0.4 is 0 Å². The Morgan fingerprint density at radius 1 is 0.682 bits per heavy atom. The van der Waals surface area contributed by atoms with Gasteiger partial charge in [-0.2, -0.15) is 0 Å². The summed E-state index contributed by atoms with van der Waals surface area (Å²) in [6.07, 6.45) is 17.9. The van der Waals surface area contributed by atoms with Gasteiger partial charge in [-0.3, -0.25) is 0 Å². The van der Waals surface area contributed by atoms with E-state index in [-0.39, 0.29) is 0 Å². The molecule has 2 unspecified atom stereocenters. The van der Waals surface area contributed by atoms with Gasteiger partial charge in [0.2, 0.25) is 0 Å². The van der Waals surface area contributed by atoms with Crippen molar-refractivity contribution in [3.05, 3.63) is 57.7 Å². The van der Waals surface area contributed by atoms with Gasteiger partial charge in [-0.1, -0.05) is 24.3 Å². The first kappa shape index (κ1) is 10.8. The van der Waals surface area contributed by atoms with Gasteiger partial charge in [0, 0.05) is 5.92 Å². The molecule has 0 saturated heterocycles. The quantitative estimate of drug-likeness (QED) is 0.563. The van der Waals surface area contributed by atoms with Crippen molar-refractivity contribution in [1.82, 2.24) is 0 Å². The molecule has 0 bridgehead atoms. The summed E-state index contributed by atoms with van der Waals surface area (Å²) >= 11 is 0. The molecule has 0 spiro atoms. The molecule has 0 fully saturated rings. The lowest BCUT2D eigenvalue weighted by molar-refractivity contribution is 0.526. The molecule has 106 valence electrons. The van der Waals surface area contributed by atoms with E-state index in [0.717, 1.165) is 11.8 Å². The maximum atomic E-state index is 2.63. The fourth-order valence-electron chi connectivity index (χ4n) is 6.24. The number of allylic oxidation sites excluding steroid dienone is 8. The van der Waals surface area contributed by atoms with Crippen LogP contribution in [0.2, 0.25) is 0 Å². The standard InChI is InChI=1S/C22H18/c1-5-13-9-15-7-3-12-4-8-16-10-14-6-2-11(1)17-19(13)21(15)18(12)22(16)20(14)17/h1,6,8-9,12,15H,2-5,7,10H2. The smallest absolute Gasteiger partial charge is 0.00336 e. The molecule has 1 aromatic rings. The fourth-order valence-corrected chi connectivity index (χ4v) is 6.24. The van der Waals surface area contributed by atoms with Crippen molar-refractivity contribution in [2.45, 2.75) is 50.4 Å². The molecule has 22 heavy (non-hydrogen) atoms. The molecule has 0 aliphatic heterocycles. The first-order valence-electron chi connectivity index (χ1n) is 8.93. The van der Waals surface area contributed by atoms with Crippen molar-refractivity contribution >= 4 is 22.3 Å². The van der Waals surface area contributed by atoms with Crippen molar-refractivity contribution in [3.63, 3.8) is 0 Å². The number of hydrogen-bond acceptors (Lipinski definition) is 0. The van der Waals surface area contributed by atoms with E-state index in [1.807, 2.05) is 0 Å². The Kier molecular flexibility index (Phi) is 1.60.